The fraction of sp³-hybridized carbons (Fsp3) is 0.364. The Morgan fingerprint density at radius 1 is 1.10 bits per heavy atom. The van der Waals surface area contributed by atoms with Crippen LogP contribution in [0.3, 0.4) is 0 Å². The van der Waals surface area contributed by atoms with Crippen LogP contribution in [0.5, 0.6) is 0 Å². The Kier molecular flexibility index (Phi) is 7.61. The van der Waals surface area contributed by atoms with Crippen molar-refractivity contribution in [3.05, 3.63) is 59.2 Å². The fourth-order valence-electron chi connectivity index (χ4n) is 2.97. The van der Waals surface area contributed by atoms with Crippen molar-refractivity contribution in [2.75, 3.05) is 24.9 Å². The average Bonchev–Trinajstić information content (AvgIpc) is 2.72. The number of esters is 1. The molecule has 8 heteroatoms. The van der Waals surface area contributed by atoms with Gasteiger partial charge < -0.3 is 9.64 Å². The summed E-state index contributed by atoms with van der Waals surface area (Å²) in [5.41, 5.74) is 2.39. The molecule has 0 saturated heterocycles. The van der Waals surface area contributed by atoms with Crippen LogP contribution in [0.2, 0.25) is 0 Å². The predicted molar refractivity (Wildman–Crippen MR) is 116 cm³/mol. The van der Waals surface area contributed by atoms with Crippen LogP contribution in [0.25, 0.3) is 0 Å². The number of methoxy groups -OCH3 is 1. The van der Waals surface area contributed by atoms with Gasteiger partial charge in [0.05, 0.1) is 17.9 Å². The van der Waals surface area contributed by atoms with Gasteiger partial charge >= 0.3 is 5.97 Å². The minimum atomic E-state index is -3.87. The third kappa shape index (κ3) is 5.60. The van der Waals surface area contributed by atoms with Gasteiger partial charge in [-0.3, -0.25) is 14.3 Å². The summed E-state index contributed by atoms with van der Waals surface area (Å²) < 4.78 is 32.9. The molecule has 2 aromatic rings. The van der Waals surface area contributed by atoms with Gasteiger partial charge in [-0.2, -0.15) is 0 Å². The van der Waals surface area contributed by atoms with Gasteiger partial charge in [0.25, 0.3) is 15.9 Å². The molecule has 1 N–H and O–H groups in total. The minimum Gasteiger partial charge on any atom is -0.469 e. The van der Waals surface area contributed by atoms with Gasteiger partial charge in [-0.05, 0) is 50.6 Å². The molecule has 0 spiro atoms. The maximum absolute atomic E-state index is 13.1. The Bertz CT molecular complexity index is 1020. The molecule has 0 aromatic heterocycles. The highest BCUT2D eigenvalue weighted by atomic mass is 32.2. The second kappa shape index (κ2) is 9.75. The SMILES string of the molecule is CCN(CC(C)C(=O)OC)C(=O)c1cc(S(=O)(=O)Nc2ccc(C)cc2)ccc1C. The van der Waals surface area contributed by atoms with E-state index in [0.717, 1.165) is 5.56 Å². The van der Waals surface area contributed by atoms with Gasteiger partial charge in [0.1, 0.15) is 0 Å². The number of hydrogen-bond donors (Lipinski definition) is 1. The number of benzene rings is 2. The van der Waals surface area contributed by atoms with Gasteiger partial charge in [-0.15, -0.1) is 0 Å². The summed E-state index contributed by atoms with van der Waals surface area (Å²) in [7, 11) is -2.56. The summed E-state index contributed by atoms with van der Waals surface area (Å²) in [4.78, 5) is 26.3. The van der Waals surface area contributed by atoms with Crippen LogP contribution >= 0.6 is 0 Å². The molecule has 0 aliphatic carbocycles. The summed E-state index contributed by atoms with van der Waals surface area (Å²) in [6, 6.07) is 11.4. The Balaban J connectivity index is 2.31. The molecule has 30 heavy (non-hydrogen) atoms. The summed E-state index contributed by atoms with van der Waals surface area (Å²) >= 11 is 0. The fourth-order valence-corrected chi connectivity index (χ4v) is 4.05. The highest BCUT2D eigenvalue weighted by Gasteiger charge is 2.24. The summed E-state index contributed by atoms with van der Waals surface area (Å²) in [6.07, 6.45) is 0. The van der Waals surface area contributed by atoms with E-state index in [-0.39, 0.29) is 22.9 Å². The first-order chi connectivity index (χ1) is 14.1. The van der Waals surface area contributed by atoms with E-state index in [1.54, 1.807) is 39.0 Å². The lowest BCUT2D eigenvalue weighted by molar-refractivity contribution is -0.145. The van der Waals surface area contributed by atoms with Gasteiger partial charge in [0.15, 0.2) is 0 Å². The predicted octanol–water partition coefficient (Wildman–Crippen LogP) is 3.38. The van der Waals surface area contributed by atoms with Crippen molar-refractivity contribution in [1.82, 2.24) is 4.90 Å². The third-order valence-electron chi connectivity index (χ3n) is 4.82. The number of nitrogens with one attached hydrogen (secondary N) is 1. The van der Waals surface area contributed by atoms with Crippen LogP contribution in [0.15, 0.2) is 47.4 Å². The number of carbonyl (C=O) groups excluding carboxylic acids is 2. The van der Waals surface area contributed by atoms with Crippen molar-refractivity contribution in [3.8, 4) is 0 Å². The molecule has 162 valence electrons. The first kappa shape index (κ1) is 23.4. The van der Waals surface area contributed by atoms with E-state index >= 15 is 0 Å². The van der Waals surface area contributed by atoms with Gasteiger partial charge in [0, 0.05) is 24.3 Å². The second-order valence-electron chi connectivity index (χ2n) is 7.22. The van der Waals surface area contributed by atoms with Crippen LogP contribution < -0.4 is 4.72 Å². The number of amides is 1. The van der Waals surface area contributed by atoms with Crippen LogP contribution in [0, 0.1) is 19.8 Å². The lowest BCUT2D eigenvalue weighted by atomic mass is 10.1. The molecule has 0 heterocycles. The van der Waals surface area contributed by atoms with E-state index in [4.69, 9.17) is 4.74 Å². The zero-order chi connectivity index (χ0) is 22.5. The van der Waals surface area contributed by atoms with E-state index in [2.05, 4.69) is 4.72 Å². The maximum Gasteiger partial charge on any atom is 0.310 e. The molecule has 2 rings (SSSR count). The summed E-state index contributed by atoms with van der Waals surface area (Å²) in [5, 5.41) is 0. The molecule has 7 nitrogen and oxygen atoms in total. The summed E-state index contributed by atoms with van der Waals surface area (Å²) in [5.74, 6) is -1.23. The lowest BCUT2D eigenvalue weighted by Crippen LogP contribution is -2.37. The number of ether oxygens (including phenoxy) is 1. The first-order valence-electron chi connectivity index (χ1n) is 9.66. The molecule has 1 atom stereocenters. The Morgan fingerprint density at radius 3 is 2.30 bits per heavy atom. The van der Waals surface area contributed by atoms with Crippen molar-refractivity contribution >= 4 is 27.6 Å². The van der Waals surface area contributed by atoms with Crippen molar-refractivity contribution in [3.63, 3.8) is 0 Å². The van der Waals surface area contributed by atoms with Crippen molar-refractivity contribution in [1.29, 1.82) is 0 Å². The lowest BCUT2D eigenvalue weighted by Gasteiger charge is -2.24. The maximum atomic E-state index is 13.1. The normalized spacial score (nSPS) is 12.2. The molecule has 0 bridgehead atoms. The molecular weight excluding hydrogens is 404 g/mol. The van der Waals surface area contributed by atoms with Crippen LogP contribution in [0.4, 0.5) is 5.69 Å². The smallest absolute Gasteiger partial charge is 0.310 e. The van der Waals surface area contributed by atoms with E-state index in [1.165, 1.54) is 24.1 Å². The van der Waals surface area contributed by atoms with E-state index in [9.17, 15) is 18.0 Å². The third-order valence-corrected chi connectivity index (χ3v) is 6.20. The Labute approximate surface area is 178 Å². The standard InChI is InChI=1S/C22H28N2O5S/c1-6-24(14-17(4)22(26)29-5)21(25)20-13-19(12-9-16(20)3)30(27,28)23-18-10-7-15(2)8-11-18/h7-13,17,23H,6,14H2,1-5H3. The second-order valence-corrected chi connectivity index (χ2v) is 8.90. The topological polar surface area (TPSA) is 92.8 Å². The van der Waals surface area contributed by atoms with Crippen molar-refractivity contribution < 1.29 is 22.7 Å². The number of nitrogens with zero attached hydrogens (tertiary/aromatic N) is 1. The van der Waals surface area contributed by atoms with E-state index < -0.39 is 21.9 Å². The zero-order valence-corrected chi connectivity index (χ0v) is 18.7. The molecule has 0 aliphatic rings. The Morgan fingerprint density at radius 2 is 1.73 bits per heavy atom. The van der Waals surface area contributed by atoms with E-state index in [1.807, 2.05) is 19.1 Å². The zero-order valence-electron chi connectivity index (χ0n) is 17.9. The molecule has 0 radical (unpaired) electrons. The quantitative estimate of drug-likeness (QED) is 0.646. The summed E-state index contributed by atoms with van der Waals surface area (Å²) in [6.45, 7) is 7.70. The molecule has 2 aromatic carbocycles. The minimum absolute atomic E-state index is 0.00547. The molecule has 1 amide bonds. The van der Waals surface area contributed by atoms with Crippen LogP contribution in [-0.2, 0) is 19.6 Å². The van der Waals surface area contributed by atoms with Crippen molar-refractivity contribution in [2.24, 2.45) is 5.92 Å². The molecule has 0 fully saturated rings. The van der Waals surface area contributed by atoms with E-state index in [0.29, 0.717) is 17.8 Å². The van der Waals surface area contributed by atoms with Gasteiger partial charge in [-0.1, -0.05) is 30.7 Å². The monoisotopic (exact) mass is 432 g/mol. The molecule has 0 saturated carbocycles. The molecular formula is C22H28N2O5S. The largest absolute Gasteiger partial charge is 0.469 e. The number of aryl methyl sites for hydroxylation is 2. The van der Waals surface area contributed by atoms with Crippen LogP contribution in [0.1, 0.15) is 35.3 Å². The molecule has 1 unspecified atom stereocenters. The highest BCUT2D eigenvalue weighted by molar-refractivity contribution is 7.92. The Hall–Kier alpha value is -2.87. The van der Waals surface area contributed by atoms with Gasteiger partial charge in [0.2, 0.25) is 0 Å². The van der Waals surface area contributed by atoms with Crippen LogP contribution in [-0.4, -0.2) is 45.4 Å². The number of rotatable bonds is 8. The van der Waals surface area contributed by atoms with Gasteiger partial charge in [-0.25, -0.2) is 8.42 Å². The average molecular weight is 433 g/mol. The number of anilines is 1. The first-order valence-corrected chi connectivity index (χ1v) is 11.1. The van der Waals surface area contributed by atoms with Crippen molar-refractivity contribution in [2.45, 2.75) is 32.6 Å². The number of sulfonamides is 1. The highest BCUT2D eigenvalue weighted by Crippen LogP contribution is 2.21. The number of carbonyl (C=O) groups is 2. The molecule has 0 aliphatic heterocycles. The number of hydrogen-bond acceptors (Lipinski definition) is 5.